The predicted octanol–water partition coefficient (Wildman–Crippen LogP) is 2.81. The summed E-state index contributed by atoms with van der Waals surface area (Å²) < 4.78 is 0. The van der Waals surface area contributed by atoms with Gasteiger partial charge in [0.1, 0.15) is 18.1 Å². The molecule has 0 saturated carbocycles. The van der Waals surface area contributed by atoms with Gasteiger partial charge in [-0.2, -0.15) is 23.5 Å². The third-order valence-electron chi connectivity index (χ3n) is 7.66. The van der Waals surface area contributed by atoms with Crippen LogP contribution in [0.15, 0.2) is 60.9 Å². The lowest BCUT2D eigenvalue weighted by Gasteiger charge is -2.25. The Bertz CT molecular complexity index is 1620. The maximum absolute atomic E-state index is 13.8. The number of carbonyl (C=O) groups excluding carboxylic acids is 3. The van der Waals surface area contributed by atoms with Gasteiger partial charge >= 0.3 is 5.97 Å². The standard InChI is InChI=1S/C32H40N6O5S2/c1-44-13-11-23(33)29(39)37-27(15-19-17-34-24-9-5-3-7-21(19)24)31(41)36-26(12-14-45-2)30(40)38-28(32(42)43)16-20-18-35-25-10-6-4-8-22(20)25/h3-10,17-18,23,26-28,34-35H,11-16,33H2,1-2H3,(H,36,41)(H,37,39)(H,38,40)(H,42,43). The molecule has 3 amide bonds. The highest BCUT2D eigenvalue weighted by molar-refractivity contribution is 7.98. The molecular formula is C32H40N6O5S2. The molecule has 0 aliphatic rings. The molecule has 0 spiro atoms. The Hall–Kier alpha value is -3.94. The molecule has 4 atom stereocenters. The van der Waals surface area contributed by atoms with Crippen LogP contribution >= 0.6 is 23.5 Å². The molecule has 11 nitrogen and oxygen atoms in total. The third kappa shape index (κ3) is 9.05. The monoisotopic (exact) mass is 652 g/mol. The van der Waals surface area contributed by atoms with Gasteiger partial charge in [-0.15, -0.1) is 0 Å². The molecule has 0 aliphatic carbocycles. The highest BCUT2D eigenvalue weighted by Crippen LogP contribution is 2.21. The van der Waals surface area contributed by atoms with E-state index in [1.54, 1.807) is 24.2 Å². The van der Waals surface area contributed by atoms with Crippen LogP contribution < -0.4 is 21.7 Å². The molecule has 0 aliphatic heterocycles. The number of nitrogens with two attached hydrogens (primary N) is 1. The zero-order valence-corrected chi connectivity index (χ0v) is 26.9. The number of amides is 3. The number of aromatic nitrogens is 2. The van der Waals surface area contributed by atoms with E-state index >= 15 is 0 Å². The third-order valence-corrected chi connectivity index (χ3v) is 8.95. The van der Waals surface area contributed by atoms with Crippen LogP contribution in [0.25, 0.3) is 21.8 Å². The van der Waals surface area contributed by atoms with Gasteiger partial charge in [0.05, 0.1) is 6.04 Å². The van der Waals surface area contributed by atoms with E-state index < -0.39 is 47.9 Å². The smallest absolute Gasteiger partial charge is 0.326 e. The van der Waals surface area contributed by atoms with Gasteiger partial charge in [0.15, 0.2) is 0 Å². The van der Waals surface area contributed by atoms with Crippen molar-refractivity contribution in [2.75, 3.05) is 24.0 Å². The van der Waals surface area contributed by atoms with Crippen LogP contribution in [0.4, 0.5) is 0 Å². The first kappa shape index (κ1) is 33.9. The summed E-state index contributed by atoms with van der Waals surface area (Å²) in [6.45, 7) is 0. The molecule has 0 radical (unpaired) electrons. The maximum Gasteiger partial charge on any atom is 0.326 e. The van der Waals surface area contributed by atoms with Crippen LogP contribution in [0.2, 0.25) is 0 Å². The molecular weight excluding hydrogens is 613 g/mol. The maximum atomic E-state index is 13.8. The number of hydrogen-bond donors (Lipinski definition) is 7. The molecule has 0 saturated heterocycles. The van der Waals surface area contributed by atoms with Crippen molar-refractivity contribution < 1.29 is 24.3 Å². The SMILES string of the molecule is CSCCC(N)C(=O)NC(Cc1c[nH]c2ccccc12)C(=O)NC(CCSC)C(=O)NC(Cc1c[nH]c2ccccc12)C(=O)O. The highest BCUT2D eigenvalue weighted by Gasteiger charge is 2.31. The van der Waals surface area contributed by atoms with Crippen LogP contribution in [0, 0.1) is 0 Å². The van der Waals surface area contributed by atoms with Gasteiger partial charge in [-0.25, -0.2) is 4.79 Å². The minimum Gasteiger partial charge on any atom is -0.480 e. The van der Waals surface area contributed by atoms with E-state index in [1.807, 2.05) is 61.0 Å². The van der Waals surface area contributed by atoms with Crippen LogP contribution in [0.3, 0.4) is 0 Å². The Labute approximate surface area is 270 Å². The van der Waals surface area contributed by atoms with Crippen LogP contribution in [-0.2, 0) is 32.0 Å². The fraction of sp³-hybridized carbons (Fsp3) is 0.375. The molecule has 2 aromatic carbocycles. The Kier molecular flexibility index (Phi) is 12.4. The van der Waals surface area contributed by atoms with Crippen molar-refractivity contribution in [2.24, 2.45) is 5.73 Å². The minimum absolute atomic E-state index is 0.0570. The topological polar surface area (TPSA) is 182 Å². The fourth-order valence-corrected chi connectivity index (χ4v) is 6.12. The summed E-state index contributed by atoms with van der Waals surface area (Å²) in [7, 11) is 0. The molecule has 2 heterocycles. The van der Waals surface area contributed by atoms with Gasteiger partial charge in [0.25, 0.3) is 0 Å². The average molecular weight is 653 g/mol. The number of hydrogen-bond acceptors (Lipinski definition) is 7. The van der Waals surface area contributed by atoms with Crippen molar-refractivity contribution >= 4 is 69.0 Å². The number of aliphatic carboxylic acids is 1. The molecule has 13 heteroatoms. The predicted molar refractivity (Wildman–Crippen MR) is 181 cm³/mol. The van der Waals surface area contributed by atoms with Gasteiger partial charge in [-0.3, -0.25) is 14.4 Å². The van der Waals surface area contributed by atoms with E-state index in [0.29, 0.717) is 17.9 Å². The van der Waals surface area contributed by atoms with Crippen molar-refractivity contribution in [3.63, 3.8) is 0 Å². The average Bonchev–Trinajstić information content (AvgIpc) is 3.64. The second kappa shape index (κ2) is 16.4. The molecule has 0 bridgehead atoms. The number of rotatable bonds is 17. The van der Waals surface area contributed by atoms with Crippen molar-refractivity contribution in [3.8, 4) is 0 Å². The number of carboxylic acids is 1. The normalized spacial score (nSPS) is 14.0. The van der Waals surface area contributed by atoms with Gasteiger partial charge in [-0.05, 0) is 60.1 Å². The first-order valence-corrected chi connectivity index (χ1v) is 17.5. The van der Waals surface area contributed by atoms with Gasteiger partial charge in [-0.1, -0.05) is 36.4 Å². The zero-order chi connectivity index (χ0) is 32.3. The van der Waals surface area contributed by atoms with Crippen LogP contribution in [0.5, 0.6) is 0 Å². The van der Waals surface area contributed by atoms with E-state index in [-0.39, 0.29) is 19.3 Å². The number of thioether (sulfide) groups is 2. The highest BCUT2D eigenvalue weighted by atomic mass is 32.2. The lowest BCUT2D eigenvalue weighted by molar-refractivity contribution is -0.142. The minimum atomic E-state index is -1.22. The van der Waals surface area contributed by atoms with Crippen LogP contribution in [-0.4, -0.2) is 86.9 Å². The first-order chi connectivity index (χ1) is 21.7. The second-order valence-corrected chi connectivity index (χ2v) is 12.8. The van der Waals surface area contributed by atoms with E-state index in [2.05, 4.69) is 25.9 Å². The number of carboxylic acid groups (broad SMARTS) is 1. The fourth-order valence-electron chi connectivity index (χ4n) is 5.15. The molecule has 240 valence electrons. The zero-order valence-electron chi connectivity index (χ0n) is 25.3. The molecule has 45 heavy (non-hydrogen) atoms. The van der Waals surface area contributed by atoms with Crippen molar-refractivity contribution in [1.82, 2.24) is 25.9 Å². The summed E-state index contributed by atoms with van der Waals surface area (Å²) in [6.07, 6.45) is 8.26. The second-order valence-electron chi connectivity index (χ2n) is 10.8. The quantitative estimate of drug-likeness (QED) is 0.0909. The first-order valence-electron chi connectivity index (χ1n) is 14.7. The summed E-state index contributed by atoms with van der Waals surface area (Å²) >= 11 is 3.07. The summed E-state index contributed by atoms with van der Waals surface area (Å²) in [5.41, 5.74) is 9.44. The molecule has 4 unspecified atom stereocenters. The molecule has 2 aromatic heterocycles. The molecule has 0 fully saturated rings. The largest absolute Gasteiger partial charge is 0.480 e. The number of carbonyl (C=O) groups is 4. The summed E-state index contributed by atoms with van der Waals surface area (Å²) in [4.78, 5) is 58.9. The van der Waals surface area contributed by atoms with E-state index in [1.165, 1.54) is 11.8 Å². The van der Waals surface area contributed by atoms with Crippen molar-refractivity contribution in [2.45, 2.75) is 49.9 Å². The number of H-pyrrole nitrogens is 2. The van der Waals surface area contributed by atoms with Crippen molar-refractivity contribution in [3.05, 3.63) is 72.1 Å². The number of fused-ring (bicyclic) bond motifs is 2. The number of para-hydroxylation sites is 2. The molecule has 4 aromatic rings. The summed E-state index contributed by atoms with van der Waals surface area (Å²) in [6, 6.07) is 11.1. The van der Waals surface area contributed by atoms with E-state index in [0.717, 1.165) is 32.9 Å². The Balaban J connectivity index is 1.52. The summed E-state index contributed by atoms with van der Waals surface area (Å²) in [5.74, 6) is -1.59. The molecule has 4 rings (SSSR count). The lowest BCUT2D eigenvalue weighted by Crippen LogP contribution is -2.58. The Morgan fingerprint density at radius 2 is 1.18 bits per heavy atom. The Morgan fingerprint density at radius 3 is 1.73 bits per heavy atom. The van der Waals surface area contributed by atoms with E-state index in [9.17, 15) is 24.3 Å². The number of benzene rings is 2. The van der Waals surface area contributed by atoms with Crippen molar-refractivity contribution in [1.29, 1.82) is 0 Å². The number of nitrogens with one attached hydrogen (secondary N) is 5. The lowest BCUT2D eigenvalue weighted by atomic mass is 10.0. The van der Waals surface area contributed by atoms with Gasteiger partial charge < -0.3 is 36.8 Å². The van der Waals surface area contributed by atoms with Crippen LogP contribution in [0.1, 0.15) is 24.0 Å². The Morgan fingerprint density at radius 1 is 0.711 bits per heavy atom. The number of aromatic amines is 2. The van der Waals surface area contributed by atoms with Gasteiger partial charge in [0, 0.05) is 47.0 Å². The summed E-state index contributed by atoms with van der Waals surface area (Å²) in [5, 5.41) is 20.0. The van der Waals surface area contributed by atoms with E-state index in [4.69, 9.17) is 5.73 Å². The van der Waals surface area contributed by atoms with Gasteiger partial charge in [0.2, 0.25) is 17.7 Å². The molecule has 8 N–H and O–H groups in total.